The number of carbonyl (C=O) groups is 1. The van der Waals surface area contributed by atoms with Gasteiger partial charge in [-0.25, -0.2) is 4.39 Å². The van der Waals surface area contributed by atoms with E-state index in [9.17, 15) is 14.3 Å². The summed E-state index contributed by atoms with van der Waals surface area (Å²) in [6.45, 7) is 0.876. The Hall–Kier alpha value is -2.56. The van der Waals surface area contributed by atoms with E-state index in [1.54, 1.807) is 6.07 Å². The van der Waals surface area contributed by atoms with E-state index in [0.29, 0.717) is 5.69 Å². The van der Waals surface area contributed by atoms with Gasteiger partial charge >= 0.3 is 0 Å². The van der Waals surface area contributed by atoms with Crippen molar-refractivity contribution in [2.24, 2.45) is 0 Å². The number of carbonyl (C=O) groups excluding carboxylic acids is 1. The average molecular weight is 272 g/mol. The molecule has 0 fully saturated rings. The van der Waals surface area contributed by atoms with E-state index < -0.39 is 11.7 Å². The summed E-state index contributed by atoms with van der Waals surface area (Å²) in [7, 11) is 0. The second-order valence-corrected chi connectivity index (χ2v) is 4.64. The van der Waals surface area contributed by atoms with Crippen LogP contribution in [0.25, 0.3) is 0 Å². The third kappa shape index (κ3) is 2.18. The summed E-state index contributed by atoms with van der Waals surface area (Å²) in [6.07, 6.45) is 0.893. The van der Waals surface area contributed by atoms with E-state index in [1.807, 2.05) is 12.1 Å². The first-order chi connectivity index (χ1) is 9.65. The first-order valence-corrected chi connectivity index (χ1v) is 6.31. The van der Waals surface area contributed by atoms with Crippen molar-refractivity contribution in [3.8, 4) is 5.75 Å². The molecule has 1 aliphatic heterocycles. The number of phenols is 1. The molecule has 0 bridgehead atoms. The highest BCUT2D eigenvalue weighted by atomic mass is 19.1. The summed E-state index contributed by atoms with van der Waals surface area (Å²) in [6, 6.07) is 9.24. The van der Waals surface area contributed by atoms with E-state index in [1.165, 1.54) is 12.1 Å². The van der Waals surface area contributed by atoms with Crippen LogP contribution in [-0.4, -0.2) is 17.6 Å². The zero-order valence-corrected chi connectivity index (χ0v) is 10.6. The number of aromatic hydroxyl groups is 1. The maximum atomic E-state index is 13.6. The van der Waals surface area contributed by atoms with Gasteiger partial charge in [0.1, 0.15) is 17.1 Å². The van der Waals surface area contributed by atoms with Crippen molar-refractivity contribution in [2.75, 3.05) is 17.2 Å². The number of amides is 1. The van der Waals surface area contributed by atoms with Crippen LogP contribution < -0.4 is 10.6 Å². The highest BCUT2D eigenvalue weighted by molar-refractivity contribution is 6.06. The van der Waals surface area contributed by atoms with Gasteiger partial charge in [0, 0.05) is 17.9 Å². The van der Waals surface area contributed by atoms with Gasteiger partial charge in [-0.3, -0.25) is 4.79 Å². The van der Waals surface area contributed by atoms with Gasteiger partial charge in [-0.15, -0.1) is 0 Å². The summed E-state index contributed by atoms with van der Waals surface area (Å²) in [5.74, 6) is -1.78. The number of hydrogen-bond acceptors (Lipinski definition) is 3. The molecule has 3 N–H and O–H groups in total. The molecule has 0 radical (unpaired) electrons. The Bertz CT molecular complexity index is 665. The number of nitrogens with one attached hydrogen (secondary N) is 2. The van der Waals surface area contributed by atoms with Crippen molar-refractivity contribution < 1.29 is 14.3 Å². The molecular formula is C15H13FN2O2. The van der Waals surface area contributed by atoms with Crippen molar-refractivity contribution in [3.05, 3.63) is 53.3 Å². The second kappa shape index (κ2) is 4.85. The van der Waals surface area contributed by atoms with Crippen molar-refractivity contribution in [1.29, 1.82) is 0 Å². The summed E-state index contributed by atoms with van der Waals surface area (Å²) >= 11 is 0. The summed E-state index contributed by atoms with van der Waals surface area (Å²) in [4.78, 5) is 12.0. The number of rotatable bonds is 2. The van der Waals surface area contributed by atoms with Crippen LogP contribution in [-0.2, 0) is 6.42 Å². The largest absolute Gasteiger partial charge is 0.507 e. The van der Waals surface area contributed by atoms with E-state index in [-0.39, 0.29) is 11.3 Å². The molecular weight excluding hydrogens is 259 g/mol. The van der Waals surface area contributed by atoms with Gasteiger partial charge in [0.2, 0.25) is 0 Å². The van der Waals surface area contributed by atoms with Gasteiger partial charge in [-0.05, 0) is 42.3 Å². The molecule has 1 amide bonds. The number of benzene rings is 2. The molecule has 1 aliphatic rings. The molecule has 102 valence electrons. The lowest BCUT2D eigenvalue weighted by molar-refractivity contribution is 0.102. The number of anilines is 2. The molecule has 4 nitrogen and oxygen atoms in total. The fourth-order valence-electron chi connectivity index (χ4n) is 2.31. The molecule has 0 aliphatic carbocycles. The highest BCUT2D eigenvalue weighted by Crippen LogP contribution is 2.26. The van der Waals surface area contributed by atoms with E-state index >= 15 is 0 Å². The lowest BCUT2D eigenvalue weighted by Gasteiger charge is -2.09. The minimum Gasteiger partial charge on any atom is -0.507 e. The van der Waals surface area contributed by atoms with Crippen LogP contribution in [0, 0.1) is 5.82 Å². The molecule has 3 rings (SSSR count). The van der Waals surface area contributed by atoms with Gasteiger partial charge in [0.05, 0.1) is 0 Å². The van der Waals surface area contributed by atoms with E-state index in [0.717, 1.165) is 30.3 Å². The molecule has 20 heavy (non-hydrogen) atoms. The number of halogens is 1. The van der Waals surface area contributed by atoms with Crippen molar-refractivity contribution in [3.63, 3.8) is 0 Å². The minimum absolute atomic E-state index is 0.342. The molecule has 0 unspecified atom stereocenters. The topological polar surface area (TPSA) is 61.4 Å². The molecule has 1 heterocycles. The smallest absolute Gasteiger partial charge is 0.262 e. The fourth-order valence-corrected chi connectivity index (χ4v) is 2.31. The summed E-state index contributed by atoms with van der Waals surface area (Å²) < 4.78 is 13.6. The average Bonchev–Trinajstić information content (AvgIpc) is 2.85. The van der Waals surface area contributed by atoms with E-state index in [2.05, 4.69) is 10.6 Å². The zero-order valence-electron chi connectivity index (χ0n) is 10.6. The first kappa shape index (κ1) is 12.5. The fraction of sp³-hybridized carbons (Fsp3) is 0.133. The van der Waals surface area contributed by atoms with Gasteiger partial charge in [0.15, 0.2) is 0 Å². The Kier molecular flexibility index (Phi) is 3.02. The normalized spacial score (nSPS) is 12.7. The maximum absolute atomic E-state index is 13.6. The van der Waals surface area contributed by atoms with Crippen molar-refractivity contribution >= 4 is 17.3 Å². The van der Waals surface area contributed by atoms with Crippen LogP contribution in [0.15, 0.2) is 36.4 Å². The molecule has 2 aromatic rings. The molecule has 0 saturated carbocycles. The Balaban J connectivity index is 1.86. The zero-order chi connectivity index (χ0) is 14.1. The minimum atomic E-state index is -0.745. The Morgan fingerprint density at radius 1 is 1.30 bits per heavy atom. The van der Waals surface area contributed by atoms with E-state index in [4.69, 9.17) is 0 Å². The standard InChI is InChI=1S/C15H13FN2O2/c16-11-2-1-3-13(19)14(11)15(20)18-10-4-5-12-9(8-10)6-7-17-12/h1-5,8,17,19H,6-7H2,(H,18,20). The van der Waals surface area contributed by atoms with Crippen molar-refractivity contribution in [2.45, 2.75) is 6.42 Å². The molecule has 0 saturated heterocycles. The van der Waals surface area contributed by atoms with Crippen LogP contribution in [0.2, 0.25) is 0 Å². The van der Waals surface area contributed by atoms with Gasteiger partial charge in [-0.1, -0.05) is 6.07 Å². The Labute approximate surface area is 115 Å². The van der Waals surface area contributed by atoms with Gasteiger partial charge in [0.25, 0.3) is 5.91 Å². The second-order valence-electron chi connectivity index (χ2n) is 4.64. The van der Waals surface area contributed by atoms with Gasteiger partial charge in [-0.2, -0.15) is 0 Å². The predicted molar refractivity (Wildman–Crippen MR) is 74.7 cm³/mol. The summed E-state index contributed by atoms with van der Waals surface area (Å²) in [5.41, 5.74) is 2.41. The third-order valence-electron chi connectivity index (χ3n) is 3.29. The Morgan fingerprint density at radius 2 is 2.15 bits per heavy atom. The monoisotopic (exact) mass is 272 g/mol. The van der Waals surface area contributed by atoms with Crippen LogP contribution in [0.1, 0.15) is 15.9 Å². The van der Waals surface area contributed by atoms with Crippen LogP contribution in [0.5, 0.6) is 5.75 Å². The lowest BCUT2D eigenvalue weighted by Crippen LogP contribution is -2.14. The predicted octanol–water partition coefficient (Wildman–Crippen LogP) is 2.75. The lowest BCUT2D eigenvalue weighted by atomic mass is 10.1. The van der Waals surface area contributed by atoms with Gasteiger partial charge < -0.3 is 15.7 Å². The molecule has 0 atom stereocenters. The van der Waals surface area contributed by atoms with Crippen LogP contribution >= 0.6 is 0 Å². The molecule has 5 heteroatoms. The highest BCUT2D eigenvalue weighted by Gasteiger charge is 2.17. The van der Waals surface area contributed by atoms with Crippen LogP contribution in [0.3, 0.4) is 0 Å². The SMILES string of the molecule is O=C(Nc1ccc2c(c1)CCN2)c1c(O)cccc1F. The Morgan fingerprint density at radius 3 is 2.95 bits per heavy atom. The first-order valence-electron chi connectivity index (χ1n) is 6.31. The van der Waals surface area contributed by atoms with Crippen LogP contribution in [0.4, 0.5) is 15.8 Å². The summed E-state index contributed by atoms with van der Waals surface area (Å²) in [5, 5.41) is 15.4. The molecule has 0 spiro atoms. The third-order valence-corrected chi connectivity index (χ3v) is 3.29. The maximum Gasteiger partial charge on any atom is 0.262 e. The number of hydrogen-bond donors (Lipinski definition) is 3. The molecule has 0 aromatic heterocycles. The number of fused-ring (bicyclic) bond motifs is 1. The quantitative estimate of drug-likeness (QED) is 0.787. The number of phenolic OH excluding ortho intramolecular Hbond substituents is 1. The molecule has 2 aromatic carbocycles. The van der Waals surface area contributed by atoms with Crippen molar-refractivity contribution in [1.82, 2.24) is 0 Å².